The minimum Gasteiger partial charge on any atom is -0.451 e. The van der Waals surface area contributed by atoms with Gasteiger partial charge in [-0.3, -0.25) is 4.79 Å². The van der Waals surface area contributed by atoms with Crippen LogP contribution in [0.2, 0.25) is 10.0 Å². The molecule has 6 heteroatoms. The molecule has 1 amide bonds. The first kappa shape index (κ1) is 15.4. The average molecular weight is 399 g/mol. The minimum absolute atomic E-state index is 0.277. The SMILES string of the molecule is Cc1c(C(=O)Nc2ccc(Cl)c(Cl)c2)oc2ccc(Br)cc12. The number of fused-ring (bicyclic) bond motifs is 1. The number of amides is 1. The lowest BCUT2D eigenvalue weighted by Crippen LogP contribution is -2.12. The van der Waals surface area contributed by atoms with Gasteiger partial charge >= 0.3 is 0 Å². The molecule has 3 rings (SSSR count). The topological polar surface area (TPSA) is 42.2 Å². The third-order valence-corrected chi connectivity index (χ3v) is 4.51. The Kier molecular flexibility index (Phi) is 4.17. The average Bonchev–Trinajstić information content (AvgIpc) is 2.80. The fourth-order valence-electron chi connectivity index (χ4n) is 2.17. The zero-order valence-electron chi connectivity index (χ0n) is 11.4. The van der Waals surface area contributed by atoms with Gasteiger partial charge in [-0.05, 0) is 43.3 Å². The Labute approximate surface area is 145 Å². The smallest absolute Gasteiger partial charge is 0.291 e. The highest BCUT2D eigenvalue weighted by Crippen LogP contribution is 2.29. The number of halogens is 3. The molecule has 0 aliphatic heterocycles. The molecule has 3 nitrogen and oxygen atoms in total. The van der Waals surface area contributed by atoms with Crippen molar-refractivity contribution in [2.75, 3.05) is 5.32 Å². The maximum absolute atomic E-state index is 12.4. The van der Waals surface area contributed by atoms with E-state index >= 15 is 0 Å². The Balaban J connectivity index is 1.95. The molecule has 1 heterocycles. The maximum Gasteiger partial charge on any atom is 0.291 e. The first-order valence-corrected chi connectivity index (χ1v) is 7.95. The van der Waals surface area contributed by atoms with E-state index < -0.39 is 0 Å². The van der Waals surface area contributed by atoms with Gasteiger partial charge in [0.2, 0.25) is 0 Å². The lowest BCUT2D eigenvalue weighted by atomic mass is 10.1. The van der Waals surface area contributed by atoms with Gasteiger partial charge in [0.05, 0.1) is 10.0 Å². The number of anilines is 1. The summed E-state index contributed by atoms with van der Waals surface area (Å²) in [7, 11) is 0. The van der Waals surface area contributed by atoms with Crippen LogP contribution in [0.1, 0.15) is 16.1 Å². The highest BCUT2D eigenvalue weighted by Gasteiger charge is 2.18. The van der Waals surface area contributed by atoms with Crippen LogP contribution in [0.3, 0.4) is 0 Å². The van der Waals surface area contributed by atoms with Gasteiger partial charge in [0.1, 0.15) is 5.58 Å². The molecule has 0 fully saturated rings. The van der Waals surface area contributed by atoms with Gasteiger partial charge in [0.25, 0.3) is 5.91 Å². The van der Waals surface area contributed by atoms with Crippen molar-refractivity contribution in [2.24, 2.45) is 0 Å². The molecule has 3 aromatic rings. The van der Waals surface area contributed by atoms with Gasteiger partial charge in [-0.25, -0.2) is 0 Å². The molecule has 0 aliphatic carbocycles. The first-order chi connectivity index (χ1) is 10.5. The molecule has 112 valence electrons. The predicted molar refractivity (Wildman–Crippen MR) is 93.1 cm³/mol. The molecule has 0 atom stereocenters. The lowest BCUT2D eigenvalue weighted by Gasteiger charge is -2.05. The number of aryl methyl sites for hydroxylation is 1. The Bertz CT molecular complexity index is 889. The van der Waals surface area contributed by atoms with E-state index in [9.17, 15) is 4.79 Å². The van der Waals surface area contributed by atoms with E-state index in [0.717, 1.165) is 15.4 Å². The van der Waals surface area contributed by atoms with Crippen molar-refractivity contribution in [3.63, 3.8) is 0 Å². The number of benzene rings is 2. The fraction of sp³-hybridized carbons (Fsp3) is 0.0625. The van der Waals surface area contributed by atoms with E-state index in [4.69, 9.17) is 27.6 Å². The van der Waals surface area contributed by atoms with Crippen molar-refractivity contribution in [3.05, 3.63) is 62.2 Å². The summed E-state index contributed by atoms with van der Waals surface area (Å²) in [5, 5.41) is 4.47. The second kappa shape index (κ2) is 5.95. The van der Waals surface area contributed by atoms with Crippen molar-refractivity contribution in [3.8, 4) is 0 Å². The van der Waals surface area contributed by atoms with Crippen molar-refractivity contribution in [1.82, 2.24) is 0 Å². The zero-order valence-corrected chi connectivity index (χ0v) is 14.5. The van der Waals surface area contributed by atoms with Crippen LogP contribution in [0.5, 0.6) is 0 Å². The minimum atomic E-state index is -0.330. The molecule has 2 aromatic carbocycles. The normalized spacial score (nSPS) is 10.9. The molecular weight excluding hydrogens is 389 g/mol. The third-order valence-electron chi connectivity index (χ3n) is 3.28. The van der Waals surface area contributed by atoms with Gasteiger partial charge in [-0.2, -0.15) is 0 Å². The summed E-state index contributed by atoms with van der Waals surface area (Å²) in [6.07, 6.45) is 0. The second-order valence-electron chi connectivity index (χ2n) is 4.78. The van der Waals surface area contributed by atoms with Crippen molar-refractivity contribution >= 4 is 61.7 Å². The first-order valence-electron chi connectivity index (χ1n) is 6.41. The van der Waals surface area contributed by atoms with Crippen LogP contribution in [0.4, 0.5) is 5.69 Å². The third kappa shape index (κ3) is 2.86. The van der Waals surface area contributed by atoms with Crippen LogP contribution in [0.15, 0.2) is 45.3 Å². The zero-order chi connectivity index (χ0) is 15.9. The maximum atomic E-state index is 12.4. The molecule has 1 aromatic heterocycles. The molecule has 0 saturated heterocycles. The van der Waals surface area contributed by atoms with Crippen molar-refractivity contribution in [2.45, 2.75) is 6.92 Å². The van der Waals surface area contributed by atoms with Gasteiger partial charge in [-0.15, -0.1) is 0 Å². The van der Waals surface area contributed by atoms with Crippen molar-refractivity contribution in [1.29, 1.82) is 0 Å². The summed E-state index contributed by atoms with van der Waals surface area (Å²) in [6, 6.07) is 10.5. The Morgan fingerprint density at radius 2 is 1.91 bits per heavy atom. The molecule has 0 bridgehead atoms. The summed E-state index contributed by atoms with van der Waals surface area (Å²) in [6.45, 7) is 1.85. The monoisotopic (exact) mass is 397 g/mol. The number of carbonyl (C=O) groups is 1. The molecule has 0 spiro atoms. The van der Waals surface area contributed by atoms with Crippen LogP contribution in [-0.4, -0.2) is 5.91 Å². The van der Waals surface area contributed by atoms with Gasteiger partial charge in [0, 0.05) is 21.1 Å². The van der Waals surface area contributed by atoms with E-state index in [1.807, 2.05) is 25.1 Å². The number of furan rings is 1. The van der Waals surface area contributed by atoms with E-state index in [-0.39, 0.29) is 11.7 Å². The van der Waals surface area contributed by atoms with Gasteiger partial charge in [0.15, 0.2) is 5.76 Å². The van der Waals surface area contributed by atoms with Crippen LogP contribution >= 0.6 is 39.1 Å². The van der Waals surface area contributed by atoms with E-state index in [1.54, 1.807) is 18.2 Å². The molecule has 0 radical (unpaired) electrons. The van der Waals surface area contributed by atoms with E-state index in [2.05, 4.69) is 21.2 Å². The standard InChI is InChI=1S/C16H10BrCl2NO2/c1-8-11-6-9(17)2-5-14(11)22-15(8)16(21)20-10-3-4-12(18)13(19)7-10/h2-7H,1H3,(H,20,21). The van der Waals surface area contributed by atoms with Gasteiger partial charge in [-0.1, -0.05) is 39.1 Å². The number of hydrogen-bond acceptors (Lipinski definition) is 2. The van der Waals surface area contributed by atoms with Crippen LogP contribution < -0.4 is 5.32 Å². The Morgan fingerprint density at radius 3 is 2.64 bits per heavy atom. The number of carbonyl (C=O) groups excluding carboxylic acids is 1. The summed E-state index contributed by atoms with van der Waals surface area (Å²) in [4.78, 5) is 12.4. The second-order valence-corrected chi connectivity index (χ2v) is 6.51. The predicted octanol–water partition coefficient (Wildman–Crippen LogP) is 6.06. The molecular formula is C16H10BrCl2NO2. The Morgan fingerprint density at radius 1 is 1.14 bits per heavy atom. The number of rotatable bonds is 2. The summed E-state index contributed by atoms with van der Waals surface area (Å²) >= 11 is 15.2. The fourth-order valence-corrected chi connectivity index (χ4v) is 2.83. The molecule has 0 saturated carbocycles. The molecule has 22 heavy (non-hydrogen) atoms. The number of hydrogen-bond donors (Lipinski definition) is 1. The van der Waals surface area contributed by atoms with Crippen LogP contribution in [-0.2, 0) is 0 Å². The highest BCUT2D eigenvalue weighted by molar-refractivity contribution is 9.10. The highest BCUT2D eigenvalue weighted by atomic mass is 79.9. The van der Waals surface area contributed by atoms with Crippen LogP contribution in [0, 0.1) is 6.92 Å². The summed E-state index contributed by atoms with van der Waals surface area (Å²) in [5.74, 6) is -0.0533. The van der Waals surface area contributed by atoms with E-state index in [0.29, 0.717) is 21.3 Å². The van der Waals surface area contributed by atoms with Crippen molar-refractivity contribution < 1.29 is 9.21 Å². The lowest BCUT2D eigenvalue weighted by molar-refractivity contribution is 0.0998. The quantitative estimate of drug-likeness (QED) is 0.569. The summed E-state index contributed by atoms with van der Waals surface area (Å²) < 4.78 is 6.58. The largest absolute Gasteiger partial charge is 0.451 e. The Hall–Kier alpha value is -1.49. The summed E-state index contributed by atoms with van der Waals surface area (Å²) in [5.41, 5.74) is 2.01. The van der Waals surface area contributed by atoms with E-state index in [1.165, 1.54) is 0 Å². The number of nitrogens with one attached hydrogen (secondary N) is 1. The van der Waals surface area contributed by atoms with Gasteiger partial charge < -0.3 is 9.73 Å². The molecule has 1 N–H and O–H groups in total. The molecule has 0 aliphatic rings. The van der Waals surface area contributed by atoms with Crippen LogP contribution in [0.25, 0.3) is 11.0 Å². The molecule has 0 unspecified atom stereocenters.